The molecule has 1 aliphatic rings. The largest absolute Gasteiger partial charge is 0.367 e. The topological polar surface area (TPSA) is 49.8 Å². The lowest BCUT2D eigenvalue weighted by Crippen LogP contribution is -2.26. The van der Waals surface area contributed by atoms with Crippen LogP contribution in [-0.4, -0.2) is 16.0 Å². The highest BCUT2D eigenvalue weighted by atomic mass is 35.5. The molecule has 0 aliphatic heterocycles. The molecule has 5 heteroatoms. The second-order valence-corrected chi connectivity index (χ2v) is 8.25. The maximum Gasteiger partial charge on any atom is 0.131 e. The first-order chi connectivity index (χ1) is 14.2. The zero-order chi connectivity index (χ0) is 20.1. The molecule has 4 rings (SSSR count). The third-order valence-electron chi connectivity index (χ3n) is 5.75. The maximum atomic E-state index is 5.98. The van der Waals surface area contributed by atoms with Gasteiger partial charge in [0.1, 0.15) is 18.0 Å². The molecule has 150 valence electrons. The van der Waals surface area contributed by atoms with Crippen molar-refractivity contribution in [2.45, 2.75) is 50.6 Å². The second kappa shape index (κ2) is 9.27. The molecule has 4 nitrogen and oxygen atoms in total. The third-order valence-corrected chi connectivity index (χ3v) is 6.00. The van der Waals surface area contributed by atoms with Crippen LogP contribution in [-0.2, 0) is 0 Å². The number of halogens is 1. The van der Waals surface area contributed by atoms with Crippen molar-refractivity contribution in [2.24, 2.45) is 0 Å². The van der Waals surface area contributed by atoms with E-state index in [1.165, 1.54) is 24.0 Å². The number of benzene rings is 2. The van der Waals surface area contributed by atoms with Crippen molar-refractivity contribution in [3.05, 3.63) is 83.1 Å². The van der Waals surface area contributed by atoms with Crippen LogP contribution in [0.5, 0.6) is 0 Å². The molecule has 0 unspecified atom stereocenters. The highest BCUT2D eigenvalue weighted by molar-refractivity contribution is 6.30. The first-order valence-electron chi connectivity index (χ1n) is 10.3. The van der Waals surface area contributed by atoms with E-state index in [1.54, 1.807) is 6.33 Å². The summed E-state index contributed by atoms with van der Waals surface area (Å²) in [7, 11) is 0. The zero-order valence-electron chi connectivity index (χ0n) is 16.7. The Balaban J connectivity index is 1.33. The summed E-state index contributed by atoms with van der Waals surface area (Å²) in [6.45, 7) is 2.11. The van der Waals surface area contributed by atoms with Crippen molar-refractivity contribution in [3.8, 4) is 0 Å². The lowest BCUT2D eigenvalue weighted by molar-refractivity contribution is 0.411. The number of hydrogen-bond donors (Lipinski definition) is 2. The van der Waals surface area contributed by atoms with Crippen molar-refractivity contribution >= 4 is 23.2 Å². The number of rotatable bonds is 6. The average molecular weight is 407 g/mol. The van der Waals surface area contributed by atoms with Gasteiger partial charge in [0.25, 0.3) is 0 Å². The molecule has 1 aliphatic carbocycles. The fraction of sp³-hybridized carbons (Fsp3) is 0.333. The minimum atomic E-state index is 0.135. The number of nitrogens with zero attached hydrogens (tertiary/aromatic N) is 2. The van der Waals surface area contributed by atoms with Crippen molar-refractivity contribution < 1.29 is 0 Å². The molecule has 29 heavy (non-hydrogen) atoms. The average Bonchev–Trinajstić information content (AvgIpc) is 2.76. The van der Waals surface area contributed by atoms with E-state index in [1.807, 2.05) is 30.3 Å². The van der Waals surface area contributed by atoms with E-state index in [0.717, 1.165) is 29.5 Å². The van der Waals surface area contributed by atoms with Crippen molar-refractivity contribution in [1.82, 2.24) is 9.97 Å². The minimum absolute atomic E-state index is 0.135. The Labute approximate surface area is 177 Å². The van der Waals surface area contributed by atoms with Gasteiger partial charge in [-0.25, -0.2) is 9.97 Å². The molecular weight excluding hydrogens is 380 g/mol. The van der Waals surface area contributed by atoms with Crippen LogP contribution in [0.25, 0.3) is 0 Å². The molecule has 1 aromatic heterocycles. The highest BCUT2D eigenvalue weighted by Gasteiger charge is 2.22. The molecule has 1 fully saturated rings. The number of hydrogen-bond acceptors (Lipinski definition) is 4. The summed E-state index contributed by atoms with van der Waals surface area (Å²) in [6.07, 6.45) is 6.37. The quantitative estimate of drug-likeness (QED) is 0.494. The summed E-state index contributed by atoms with van der Waals surface area (Å²) in [4.78, 5) is 8.80. The van der Waals surface area contributed by atoms with Gasteiger partial charge < -0.3 is 10.6 Å². The molecule has 0 radical (unpaired) electrons. The molecule has 1 saturated carbocycles. The van der Waals surface area contributed by atoms with E-state index in [2.05, 4.69) is 57.9 Å². The van der Waals surface area contributed by atoms with Crippen molar-refractivity contribution in [2.75, 3.05) is 10.6 Å². The van der Waals surface area contributed by atoms with E-state index >= 15 is 0 Å². The van der Waals surface area contributed by atoms with Crippen LogP contribution >= 0.6 is 11.6 Å². The van der Waals surface area contributed by atoms with E-state index in [9.17, 15) is 0 Å². The minimum Gasteiger partial charge on any atom is -0.367 e. The van der Waals surface area contributed by atoms with Gasteiger partial charge >= 0.3 is 0 Å². The van der Waals surface area contributed by atoms with Gasteiger partial charge in [0.2, 0.25) is 0 Å². The van der Waals surface area contributed by atoms with Gasteiger partial charge in [0.15, 0.2) is 0 Å². The molecule has 0 amide bonds. The zero-order valence-corrected chi connectivity index (χ0v) is 17.4. The lowest BCUT2D eigenvalue weighted by atomic mass is 9.82. The fourth-order valence-corrected chi connectivity index (χ4v) is 4.20. The fourth-order valence-electron chi connectivity index (χ4n) is 4.08. The van der Waals surface area contributed by atoms with E-state index < -0.39 is 0 Å². The Morgan fingerprint density at radius 1 is 0.897 bits per heavy atom. The molecule has 0 bridgehead atoms. The van der Waals surface area contributed by atoms with Gasteiger partial charge in [-0.05, 0) is 61.8 Å². The molecule has 2 aromatic carbocycles. The van der Waals surface area contributed by atoms with Crippen LogP contribution in [0.15, 0.2) is 67.0 Å². The van der Waals surface area contributed by atoms with Crippen molar-refractivity contribution in [3.63, 3.8) is 0 Å². The van der Waals surface area contributed by atoms with Crippen LogP contribution < -0.4 is 10.6 Å². The Morgan fingerprint density at radius 3 is 2.31 bits per heavy atom. The smallest absolute Gasteiger partial charge is 0.131 e. The lowest BCUT2D eigenvalue weighted by Gasteiger charge is -2.29. The molecule has 1 heterocycles. The second-order valence-electron chi connectivity index (χ2n) is 7.81. The summed E-state index contributed by atoms with van der Waals surface area (Å²) < 4.78 is 0. The van der Waals surface area contributed by atoms with E-state index in [-0.39, 0.29) is 6.04 Å². The Bertz CT molecular complexity index is 906. The van der Waals surface area contributed by atoms with Crippen LogP contribution in [0.1, 0.15) is 55.7 Å². The molecule has 3 aromatic rings. The molecule has 0 spiro atoms. The predicted molar refractivity (Wildman–Crippen MR) is 121 cm³/mol. The molecule has 1 atom stereocenters. The van der Waals surface area contributed by atoms with E-state index in [4.69, 9.17) is 11.6 Å². The Morgan fingerprint density at radius 2 is 1.59 bits per heavy atom. The highest BCUT2D eigenvalue weighted by Crippen LogP contribution is 2.33. The van der Waals surface area contributed by atoms with Gasteiger partial charge in [-0.15, -0.1) is 0 Å². The molecule has 0 saturated heterocycles. The standard InChI is InChI=1S/C24H27ClN4/c1-17(18-7-11-21(25)12-8-18)28-23-15-24(27-16-26-23)29-22-13-9-20(10-14-22)19-5-3-2-4-6-19/h2-8,11-12,15-17,20,22H,9-10,13-14H2,1H3,(H2,26,27,28,29)/t17-,20?,22?/m0/s1. The Hall–Kier alpha value is -2.59. The number of aromatic nitrogens is 2. The van der Waals surface area contributed by atoms with Crippen LogP contribution in [0, 0.1) is 0 Å². The van der Waals surface area contributed by atoms with Crippen LogP contribution in [0.2, 0.25) is 5.02 Å². The third kappa shape index (κ3) is 5.27. The van der Waals surface area contributed by atoms with Gasteiger partial charge in [-0.1, -0.05) is 54.1 Å². The number of nitrogens with one attached hydrogen (secondary N) is 2. The van der Waals surface area contributed by atoms with Crippen LogP contribution in [0.4, 0.5) is 11.6 Å². The monoisotopic (exact) mass is 406 g/mol. The number of anilines is 2. The first-order valence-corrected chi connectivity index (χ1v) is 10.7. The molecular formula is C24H27ClN4. The van der Waals surface area contributed by atoms with Gasteiger partial charge in [0, 0.05) is 23.2 Å². The normalized spacial score (nSPS) is 20.1. The summed E-state index contributed by atoms with van der Waals surface area (Å²) in [5.74, 6) is 2.38. The van der Waals surface area contributed by atoms with Gasteiger partial charge in [-0.2, -0.15) is 0 Å². The summed E-state index contributed by atoms with van der Waals surface area (Å²) in [5, 5.41) is 7.80. The van der Waals surface area contributed by atoms with Gasteiger partial charge in [0.05, 0.1) is 0 Å². The summed E-state index contributed by atoms with van der Waals surface area (Å²) in [5.41, 5.74) is 2.64. The molecule has 2 N–H and O–H groups in total. The Kier molecular flexibility index (Phi) is 6.30. The maximum absolute atomic E-state index is 5.98. The SMILES string of the molecule is C[C@H](Nc1cc(NC2CCC(c3ccccc3)CC2)ncn1)c1ccc(Cl)cc1. The summed E-state index contributed by atoms with van der Waals surface area (Å²) >= 11 is 5.98. The van der Waals surface area contributed by atoms with E-state index in [0.29, 0.717) is 12.0 Å². The predicted octanol–water partition coefficient (Wildman–Crippen LogP) is 6.44. The summed E-state index contributed by atoms with van der Waals surface area (Å²) in [6, 6.07) is 21.4. The van der Waals surface area contributed by atoms with Gasteiger partial charge in [-0.3, -0.25) is 0 Å². The van der Waals surface area contributed by atoms with Crippen LogP contribution in [0.3, 0.4) is 0 Å². The first kappa shape index (κ1) is 19.7. The van der Waals surface area contributed by atoms with Crippen molar-refractivity contribution in [1.29, 1.82) is 0 Å².